The van der Waals surface area contributed by atoms with Gasteiger partial charge in [-0.2, -0.15) is 0 Å². The van der Waals surface area contributed by atoms with Crippen LogP contribution in [0.4, 0.5) is 0 Å². The maximum atomic E-state index is 11.2. The molecule has 0 saturated carbocycles. The Labute approximate surface area is 81.0 Å². The molecule has 0 aromatic carbocycles. The molecule has 0 bridgehead atoms. The van der Waals surface area contributed by atoms with Gasteiger partial charge in [0.25, 0.3) is 0 Å². The van der Waals surface area contributed by atoms with E-state index in [1.807, 2.05) is 0 Å². The van der Waals surface area contributed by atoms with Gasteiger partial charge in [-0.05, 0) is 13.3 Å². The van der Waals surface area contributed by atoms with E-state index in [0.717, 1.165) is 19.3 Å². The Hall–Kier alpha value is 0.150. The summed E-state index contributed by atoms with van der Waals surface area (Å²) in [6, 6.07) is 0. The predicted octanol–water partition coefficient (Wildman–Crippen LogP) is 3.18. The van der Waals surface area contributed by atoms with E-state index in [4.69, 9.17) is 4.52 Å². The van der Waals surface area contributed by atoms with Gasteiger partial charge >= 0.3 is 7.60 Å². The molecule has 0 radical (unpaired) electrons. The largest absolute Gasteiger partial charge is 0.328 e. The number of unbranched alkanes of at least 4 members (excludes halogenated alkanes) is 4. The molecule has 3 nitrogen and oxygen atoms in total. The molecule has 0 aromatic rings. The molecule has 0 aliphatic heterocycles. The van der Waals surface area contributed by atoms with Gasteiger partial charge < -0.3 is 9.42 Å². The molecule has 0 saturated heterocycles. The van der Waals surface area contributed by atoms with Crippen LogP contribution in [0, 0.1) is 0 Å². The van der Waals surface area contributed by atoms with Crippen molar-refractivity contribution in [3.8, 4) is 0 Å². The Balaban J connectivity index is 3.35. The van der Waals surface area contributed by atoms with Crippen molar-refractivity contribution in [1.29, 1.82) is 0 Å². The van der Waals surface area contributed by atoms with Crippen LogP contribution in [0.5, 0.6) is 0 Å². The molecule has 0 rings (SSSR count). The van der Waals surface area contributed by atoms with E-state index < -0.39 is 7.60 Å². The second-order valence-corrected chi connectivity index (χ2v) is 5.17. The van der Waals surface area contributed by atoms with E-state index in [0.29, 0.717) is 12.8 Å². The van der Waals surface area contributed by atoms with Crippen LogP contribution in [0.15, 0.2) is 0 Å². The molecule has 0 fully saturated rings. The summed E-state index contributed by atoms with van der Waals surface area (Å²) in [6.07, 6.45) is 5.71. The summed E-state index contributed by atoms with van der Waals surface area (Å²) in [4.78, 5) is 9.20. The van der Waals surface area contributed by atoms with Crippen molar-refractivity contribution < 1.29 is 14.0 Å². The maximum Gasteiger partial charge on any atom is 0.328 e. The molecule has 0 aliphatic rings. The van der Waals surface area contributed by atoms with Gasteiger partial charge in [0.1, 0.15) is 0 Å². The van der Waals surface area contributed by atoms with Crippen molar-refractivity contribution in [2.75, 3.05) is 12.8 Å². The molecule has 80 valence electrons. The summed E-state index contributed by atoms with van der Waals surface area (Å²) >= 11 is 0. The smallest absolute Gasteiger partial charge is 0.324 e. The second-order valence-electron chi connectivity index (χ2n) is 3.19. The Bertz CT molecular complexity index is 159. The fourth-order valence-corrected chi connectivity index (χ4v) is 2.34. The minimum atomic E-state index is -3.24. The van der Waals surface area contributed by atoms with Crippen molar-refractivity contribution in [3.63, 3.8) is 0 Å². The van der Waals surface area contributed by atoms with Crippen molar-refractivity contribution in [2.24, 2.45) is 0 Å². The standard InChI is InChI=1S/C9H21O3P/c1-3-5-6-7-8-9-13(10,11)12-4-2/h3-9H2,1-2H3,(H,10,11). The average Bonchev–Trinajstić information content (AvgIpc) is 2.04. The van der Waals surface area contributed by atoms with Crippen LogP contribution in [0.2, 0.25) is 0 Å². The lowest BCUT2D eigenvalue weighted by atomic mass is 10.2. The first-order valence-electron chi connectivity index (χ1n) is 5.08. The normalized spacial score (nSPS) is 15.6. The van der Waals surface area contributed by atoms with Crippen LogP contribution in [-0.2, 0) is 9.09 Å². The van der Waals surface area contributed by atoms with Gasteiger partial charge in [0, 0.05) is 6.16 Å². The van der Waals surface area contributed by atoms with Crippen LogP contribution in [-0.4, -0.2) is 17.7 Å². The summed E-state index contributed by atoms with van der Waals surface area (Å²) in [5.41, 5.74) is 0. The molecular formula is C9H21O3P. The lowest BCUT2D eigenvalue weighted by Gasteiger charge is -2.09. The molecule has 0 aliphatic carbocycles. The van der Waals surface area contributed by atoms with Crippen molar-refractivity contribution in [1.82, 2.24) is 0 Å². The minimum Gasteiger partial charge on any atom is -0.324 e. The van der Waals surface area contributed by atoms with Gasteiger partial charge in [0.05, 0.1) is 6.61 Å². The third-order valence-electron chi connectivity index (χ3n) is 1.88. The lowest BCUT2D eigenvalue weighted by Crippen LogP contribution is -1.94. The van der Waals surface area contributed by atoms with E-state index in [9.17, 15) is 9.46 Å². The Morgan fingerprint density at radius 1 is 1.15 bits per heavy atom. The van der Waals surface area contributed by atoms with Crippen molar-refractivity contribution >= 4 is 7.60 Å². The third kappa shape index (κ3) is 8.48. The number of hydrogen-bond donors (Lipinski definition) is 1. The summed E-state index contributed by atoms with van der Waals surface area (Å²) < 4.78 is 15.9. The lowest BCUT2D eigenvalue weighted by molar-refractivity contribution is 0.272. The van der Waals surface area contributed by atoms with E-state index in [-0.39, 0.29) is 0 Å². The number of rotatable bonds is 8. The van der Waals surface area contributed by atoms with Crippen LogP contribution in [0.1, 0.15) is 46.0 Å². The monoisotopic (exact) mass is 208 g/mol. The highest BCUT2D eigenvalue weighted by molar-refractivity contribution is 7.52. The average molecular weight is 208 g/mol. The highest BCUT2D eigenvalue weighted by Crippen LogP contribution is 2.42. The topological polar surface area (TPSA) is 46.5 Å². The Morgan fingerprint density at radius 2 is 1.77 bits per heavy atom. The Kier molecular flexibility index (Phi) is 7.63. The van der Waals surface area contributed by atoms with E-state index in [2.05, 4.69) is 6.92 Å². The van der Waals surface area contributed by atoms with E-state index >= 15 is 0 Å². The molecule has 1 atom stereocenters. The fraction of sp³-hybridized carbons (Fsp3) is 1.00. The zero-order valence-corrected chi connectivity index (χ0v) is 9.56. The van der Waals surface area contributed by atoms with Crippen molar-refractivity contribution in [3.05, 3.63) is 0 Å². The molecule has 0 heterocycles. The predicted molar refractivity (Wildman–Crippen MR) is 55.1 cm³/mol. The first-order chi connectivity index (χ1) is 6.12. The van der Waals surface area contributed by atoms with Gasteiger partial charge in [-0.25, -0.2) is 0 Å². The van der Waals surface area contributed by atoms with Crippen LogP contribution < -0.4 is 0 Å². The Morgan fingerprint density at radius 3 is 2.31 bits per heavy atom. The summed E-state index contributed by atoms with van der Waals surface area (Å²) in [7, 11) is -3.24. The van der Waals surface area contributed by atoms with Gasteiger partial charge in [0.2, 0.25) is 0 Å². The first-order valence-corrected chi connectivity index (χ1v) is 6.85. The second kappa shape index (κ2) is 7.54. The quantitative estimate of drug-likeness (QED) is 0.492. The van der Waals surface area contributed by atoms with E-state index in [1.165, 1.54) is 12.8 Å². The van der Waals surface area contributed by atoms with Gasteiger partial charge in [-0.15, -0.1) is 0 Å². The van der Waals surface area contributed by atoms with Crippen LogP contribution >= 0.6 is 7.60 Å². The highest BCUT2D eigenvalue weighted by Gasteiger charge is 2.16. The maximum absolute atomic E-state index is 11.2. The zero-order chi connectivity index (χ0) is 10.2. The molecule has 0 amide bonds. The van der Waals surface area contributed by atoms with Crippen LogP contribution in [0.25, 0.3) is 0 Å². The molecule has 0 aromatic heterocycles. The molecule has 13 heavy (non-hydrogen) atoms. The molecule has 1 unspecified atom stereocenters. The van der Waals surface area contributed by atoms with Crippen LogP contribution in [0.3, 0.4) is 0 Å². The van der Waals surface area contributed by atoms with Gasteiger partial charge in [0.15, 0.2) is 0 Å². The minimum absolute atomic E-state index is 0.310. The van der Waals surface area contributed by atoms with Gasteiger partial charge in [-0.1, -0.05) is 32.6 Å². The SMILES string of the molecule is CCCCCCCP(=O)(O)OCC. The molecule has 0 spiro atoms. The molecule has 1 N–H and O–H groups in total. The van der Waals surface area contributed by atoms with Crippen molar-refractivity contribution in [2.45, 2.75) is 46.0 Å². The summed E-state index contributed by atoms with van der Waals surface area (Å²) in [5.74, 6) is 0. The zero-order valence-electron chi connectivity index (χ0n) is 8.66. The van der Waals surface area contributed by atoms with Gasteiger partial charge in [-0.3, -0.25) is 4.57 Å². The number of hydrogen-bond acceptors (Lipinski definition) is 2. The summed E-state index contributed by atoms with van der Waals surface area (Å²) in [6.45, 7) is 4.21. The first kappa shape index (κ1) is 13.2. The highest BCUT2D eigenvalue weighted by atomic mass is 31.2. The van der Waals surface area contributed by atoms with E-state index in [1.54, 1.807) is 6.92 Å². The fourth-order valence-electron chi connectivity index (χ4n) is 1.18. The molecular weight excluding hydrogens is 187 g/mol. The molecule has 4 heteroatoms. The summed E-state index contributed by atoms with van der Waals surface area (Å²) in [5, 5.41) is 0. The third-order valence-corrected chi connectivity index (χ3v) is 3.42.